The highest BCUT2D eigenvalue weighted by Gasteiger charge is 2.35. The Morgan fingerprint density at radius 2 is 1.88 bits per heavy atom. The molecule has 2 heterocycles. The number of urea groups is 1. The summed E-state index contributed by atoms with van der Waals surface area (Å²) in [5, 5.41) is 15.8. The minimum atomic E-state index is -0.919. The zero-order valence-corrected chi connectivity index (χ0v) is 17.6. The quantitative estimate of drug-likeness (QED) is 0.558. The van der Waals surface area contributed by atoms with Gasteiger partial charge < -0.3 is 15.3 Å². The lowest BCUT2D eigenvalue weighted by atomic mass is 10.00. The molecule has 0 unspecified atom stereocenters. The van der Waals surface area contributed by atoms with Gasteiger partial charge in [-0.3, -0.25) is 10.1 Å². The number of rotatable bonds is 4. The number of β-amino-alcohol motifs (C(OH)–C–C–N with tert-alkyl or cyclic N) is 1. The summed E-state index contributed by atoms with van der Waals surface area (Å²) in [5.41, 5.74) is 1.66. The summed E-state index contributed by atoms with van der Waals surface area (Å²) in [7, 11) is 0. The van der Waals surface area contributed by atoms with Crippen molar-refractivity contribution in [1.29, 1.82) is 0 Å². The van der Waals surface area contributed by atoms with E-state index >= 15 is 0 Å². The number of anilines is 2. The van der Waals surface area contributed by atoms with Gasteiger partial charge in [0.15, 0.2) is 0 Å². The first kappa shape index (κ1) is 21.7. The smallest absolute Gasteiger partial charge is 0.321 e. The van der Waals surface area contributed by atoms with E-state index in [1.165, 1.54) is 23.2 Å². The van der Waals surface area contributed by atoms with E-state index in [-0.39, 0.29) is 30.5 Å². The predicted molar refractivity (Wildman–Crippen MR) is 120 cm³/mol. The van der Waals surface area contributed by atoms with Crippen molar-refractivity contribution >= 4 is 35.0 Å². The number of nitrogens with zero attached hydrogens (tertiary/aromatic N) is 2. The highest BCUT2D eigenvalue weighted by atomic mass is 35.5. The Bertz CT molecular complexity index is 1120. The van der Waals surface area contributed by atoms with Crippen LogP contribution >= 0.6 is 11.6 Å². The Morgan fingerprint density at radius 1 is 1.12 bits per heavy atom. The molecule has 3 aromatic rings. The maximum Gasteiger partial charge on any atom is 0.321 e. The van der Waals surface area contributed by atoms with Gasteiger partial charge in [0.25, 0.3) is 0 Å². The number of piperidine rings is 1. The van der Waals surface area contributed by atoms with Crippen LogP contribution in [0.3, 0.4) is 0 Å². The molecule has 1 aliphatic rings. The topological polar surface area (TPSA) is 94.6 Å². The Labute approximate surface area is 188 Å². The van der Waals surface area contributed by atoms with E-state index in [9.17, 15) is 19.1 Å². The number of carbonyl (C=O) groups is 2. The van der Waals surface area contributed by atoms with Crippen LogP contribution in [0, 0.1) is 5.82 Å². The van der Waals surface area contributed by atoms with E-state index in [1.807, 2.05) is 0 Å². The zero-order chi connectivity index (χ0) is 22.7. The summed E-state index contributed by atoms with van der Waals surface area (Å²) in [6.45, 7) is 0.0937. The first-order chi connectivity index (χ1) is 15.4. The first-order valence-corrected chi connectivity index (χ1v) is 10.3. The van der Waals surface area contributed by atoms with Crippen molar-refractivity contribution in [2.45, 2.75) is 18.6 Å². The van der Waals surface area contributed by atoms with Crippen LogP contribution < -0.4 is 15.5 Å². The second-order valence-electron chi connectivity index (χ2n) is 7.38. The Balaban J connectivity index is 1.46. The lowest BCUT2D eigenvalue weighted by Crippen LogP contribution is -2.57. The number of amides is 3. The summed E-state index contributed by atoms with van der Waals surface area (Å²) in [4.78, 5) is 30.7. The van der Waals surface area contributed by atoms with Crippen molar-refractivity contribution in [3.8, 4) is 11.1 Å². The SMILES string of the molecule is O=C(Nc1ccc(Cl)cn1)N[C@@H]1C[C@@H](O)CN(c2ccc(-c3ccccc3F)cc2)C1=O. The minimum Gasteiger partial charge on any atom is -0.391 e. The van der Waals surface area contributed by atoms with Gasteiger partial charge in [-0.1, -0.05) is 41.9 Å². The van der Waals surface area contributed by atoms with Crippen LogP contribution in [0.2, 0.25) is 5.02 Å². The molecule has 9 heteroatoms. The van der Waals surface area contributed by atoms with Gasteiger partial charge in [-0.2, -0.15) is 0 Å². The van der Waals surface area contributed by atoms with Crippen LogP contribution in [-0.4, -0.2) is 40.7 Å². The van der Waals surface area contributed by atoms with Crippen molar-refractivity contribution in [3.05, 3.63) is 77.7 Å². The molecule has 1 aromatic heterocycles. The van der Waals surface area contributed by atoms with Gasteiger partial charge in [-0.15, -0.1) is 0 Å². The van der Waals surface area contributed by atoms with Gasteiger partial charge in [-0.25, -0.2) is 14.2 Å². The largest absolute Gasteiger partial charge is 0.391 e. The lowest BCUT2D eigenvalue weighted by molar-refractivity contribution is -0.123. The molecule has 0 radical (unpaired) electrons. The molecule has 3 amide bonds. The maximum absolute atomic E-state index is 14.0. The average Bonchev–Trinajstić information content (AvgIpc) is 2.78. The summed E-state index contributed by atoms with van der Waals surface area (Å²) in [6.07, 6.45) is 0.654. The normalized spacial score (nSPS) is 18.3. The molecule has 1 fully saturated rings. The van der Waals surface area contributed by atoms with E-state index in [2.05, 4.69) is 15.6 Å². The van der Waals surface area contributed by atoms with Gasteiger partial charge in [0.2, 0.25) is 5.91 Å². The number of hydrogen-bond acceptors (Lipinski definition) is 4. The second-order valence-corrected chi connectivity index (χ2v) is 7.81. The molecule has 164 valence electrons. The molecule has 0 saturated carbocycles. The number of aliphatic hydroxyl groups is 1. The standard InChI is InChI=1S/C23H20ClFN4O3/c24-15-7-10-21(26-12-15)28-23(32)27-20-11-17(30)13-29(22(20)31)16-8-5-14(6-9-16)18-3-1-2-4-19(18)25/h1-10,12,17,20,30H,11,13H2,(H2,26,27,28,32)/t17-,20-/m1/s1. The Morgan fingerprint density at radius 3 is 2.56 bits per heavy atom. The fourth-order valence-corrected chi connectivity index (χ4v) is 3.68. The molecule has 7 nitrogen and oxygen atoms in total. The van der Waals surface area contributed by atoms with Crippen LogP contribution in [0.5, 0.6) is 0 Å². The molecular formula is C23H20ClFN4O3. The maximum atomic E-state index is 14.0. The van der Waals surface area contributed by atoms with E-state index < -0.39 is 18.2 Å². The monoisotopic (exact) mass is 454 g/mol. The number of carbonyl (C=O) groups excluding carboxylic acids is 2. The highest BCUT2D eigenvalue weighted by Crippen LogP contribution is 2.27. The fraction of sp³-hybridized carbons (Fsp3) is 0.174. The fourth-order valence-electron chi connectivity index (χ4n) is 3.57. The van der Waals surface area contributed by atoms with E-state index in [1.54, 1.807) is 48.5 Å². The molecule has 2 atom stereocenters. The molecule has 1 aliphatic heterocycles. The summed E-state index contributed by atoms with van der Waals surface area (Å²) >= 11 is 5.78. The van der Waals surface area contributed by atoms with Gasteiger partial charge in [0, 0.05) is 23.9 Å². The van der Waals surface area contributed by atoms with Crippen molar-refractivity contribution in [3.63, 3.8) is 0 Å². The molecule has 0 spiro atoms. The lowest BCUT2D eigenvalue weighted by Gasteiger charge is -2.35. The van der Waals surface area contributed by atoms with Gasteiger partial charge in [0.05, 0.1) is 17.7 Å². The predicted octanol–water partition coefficient (Wildman–Crippen LogP) is 3.83. The zero-order valence-electron chi connectivity index (χ0n) is 16.8. The molecule has 0 bridgehead atoms. The van der Waals surface area contributed by atoms with Gasteiger partial charge in [0.1, 0.15) is 17.7 Å². The first-order valence-electron chi connectivity index (χ1n) is 9.94. The Kier molecular flexibility index (Phi) is 6.34. The minimum absolute atomic E-state index is 0.0874. The van der Waals surface area contributed by atoms with Crippen molar-refractivity contribution in [1.82, 2.24) is 10.3 Å². The van der Waals surface area contributed by atoms with E-state index in [0.717, 1.165) is 0 Å². The second kappa shape index (κ2) is 9.33. The summed E-state index contributed by atoms with van der Waals surface area (Å²) in [6, 6.07) is 14.8. The third kappa shape index (κ3) is 4.87. The van der Waals surface area contributed by atoms with Crippen molar-refractivity contribution in [2.24, 2.45) is 0 Å². The van der Waals surface area contributed by atoms with Gasteiger partial charge >= 0.3 is 6.03 Å². The van der Waals surface area contributed by atoms with Crippen LogP contribution in [0.4, 0.5) is 20.7 Å². The number of aromatic nitrogens is 1. The molecule has 32 heavy (non-hydrogen) atoms. The Hall–Kier alpha value is -3.49. The molecule has 4 rings (SSSR count). The molecule has 2 aromatic carbocycles. The molecule has 1 saturated heterocycles. The van der Waals surface area contributed by atoms with Crippen LogP contribution in [0.1, 0.15) is 6.42 Å². The highest BCUT2D eigenvalue weighted by molar-refractivity contribution is 6.30. The van der Waals surface area contributed by atoms with Crippen LogP contribution in [0.15, 0.2) is 66.9 Å². The summed E-state index contributed by atoms with van der Waals surface area (Å²) < 4.78 is 14.0. The third-order valence-corrected chi connectivity index (χ3v) is 5.33. The summed E-state index contributed by atoms with van der Waals surface area (Å²) in [5.74, 6) is -0.417. The van der Waals surface area contributed by atoms with Crippen molar-refractivity contribution in [2.75, 3.05) is 16.8 Å². The van der Waals surface area contributed by atoms with E-state index in [4.69, 9.17) is 11.6 Å². The third-order valence-electron chi connectivity index (χ3n) is 5.10. The molecule has 0 aliphatic carbocycles. The number of hydrogen-bond donors (Lipinski definition) is 3. The number of halogens is 2. The number of nitrogens with one attached hydrogen (secondary N) is 2. The van der Waals surface area contributed by atoms with E-state index in [0.29, 0.717) is 21.8 Å². The van der Waals surface area contributed by atoms with Crippen LogP contribution in [0.25, 0.3) is 11.1 Å². The number of pyridine rings is 1. The number of benzene rings is 2. The average molecular weight is 455 g/mol. The number of aliphatic hydroxyl groups excluding tert-OH is 1. The van der Waals surface area contributed by atoms with Crippen molar-refractivity contribution < 1.29 is 19.1 Å². The molecule has 3 N–H and O–H groups in total. The van der Waals surface area contributed by atoms with Crippen LogP contribution in [-0.2, 0) is 4.79 Å². The van der Waals surface area contributed by atoms with Gasteiger partial charge in [-0.05, 0) is 35.9 Å². The molecular weight excluding hydrogens is 435 g/mol.